The SMILES string of the molecule is CCOC(=O)C1=C[NH+]2C(Nc3cc(C)[nH]n3)=CN(Cl)CC2=N1. The Morgan fingerprint density at radius 3 is 3.14 bits per heavy atom. The summed E-state index contributed by atoms with van der Waals surface area (Å²) in [6.07, 6.45) is 3.44. The standard InChI is InChI=1S/C13H15ClN6O2/c1-3-22-13(21)9-5-20-11(15-9)6-19(14)7-12(20)16-10-4-8(2)17-18-10/h4-5,7H,3,6H2,1-2H3,(H2,16,17,18)/p+1. The lowest BCUT2D eigenvalue weighted by molar-refractivity contribution is -0.699. The lowest BCUT2D eigenvalue weighted by Gasteiger charge is -2.23. The minimum atomic E-state index is -0.437. The molecule has 1 aromatic rings. The average Bonchev–Trinajstić information content (AvgIpc) is 3.05. The van der Waals surface area contributed by atoms with Gasteiger partial charge < -0.3 is 4.74 Å². The van der Waals surface area contributed by atoms with Gasteiger partial charge in [0.15, 0.2) is 5.82 Å². The first-order chi connectivity index (χ1) is 10.6. The summed E-state index contributed by atoms with van der Waals surface area (Å²) in [6.45, 7) is 4.40. The number of hydrogen-bond donors (Lipinski definition) is 3. The molecule has 22 heavy (non-hydrogen) atoms. The average molecular weight is 324 g/mol. The van der Waals surface area contributed by atoms with Crippen molar-refractivity contribution in [2.75, 3.05) is 18.5 Å². The van der Waals surface area contributed by atoms with Crippen LogP contribution < -0.4 is 10.2 Å². The molecule has 0 aromatic carbocycles. The van der Waals surface area contributed by atoms with Crippen LogP contribution in [0.5, 0.6) is 0 Å². The van der Waals surface area contributed by atoms with E-state index in [0.717, 1.165) is 22.3 Å². The third-order valence-corrected chi connectivity index (χ3v) is 3.38. The van der Waals surface area contributed by atoms with Gasteiger partial charge in [0.1, 0.15) is 12.7 Å². The largest absolute Gasteiger partial charge is 0.461 e. The third kappa shape index (κ3) is 2.83. The summed E-state index contributed by atoms with van der Waals surface area (Å²) in [4.78, 5) is 17.0. The number of fused-ring (bicyclic) bond motifs is 1. The number of anilines is 1. The highest BCUT2D eigenvalue weighted by Crippen LogP contribution is 2.12. The van der Waals surface area contributed by atoms with Gasteiger partial charge in [-0.25, -0.2) is 9.69 Å². The number of aromatic amines is 1. The summed E-state index contributed by atoms with van der Waals surface area (Å²) in [5.41, 5.74) is 1.22. The Labute approximate surface area is 132 Å². The molecule has 8 nitrogen and oxygen atoms in total. The van der Waals surface area contributed by atoms with Gasteiger partial charge in [0, 0.05) is 23.5 Å². The quantitative estimate of drug-likeness (QED) is 0.540. The molecule has 0 aliphatic carbocycles. The summed E-state index contributed by atoms with van der Waals surface area (Å²) < 4.78 is 6.46. The van der Waals surface area contributed by atoms with Crippen LogP contribution in [0.3, 0.4) is 0 Å². The highest BCUT2D eigenvalue weighted by Gasteiger charge is 2.36. The number of aryl methyl sites for hydroxylation is 1. The van der Waals surface area contributed by atoms with Crippen molar-refractivity contribution in [1.29, 1.82) is 0 Å². The Balaban J connectivity index is 1.84. The Morgan fingerprint density at radius 2 is 2.45 bits per heavy atom. The number of quaternary nitrogens is 1. The summed E-state index contributed by atoms with van der Waals surface area (Å²) >= 11 is 6.09. The van der Waals surface area contributed by atoms with E-state index in [1.165, 1.54) is 4.42 Å². The molecule has 2 aliphatic rings. The number of nitrogens with zero attached hydrogens (tertiary/aromatic N) is 3. The monoisotopic (exact) mass is 323 g/mol. The van der Waals surface area contributed by atoms with Gasteiger partial charge in [-0.2, -0.15) is 10.1 Å². The number of carbonyl (C=O) groups is 1. The van der Waals surface area contributed by atoms with Crippen molar-refractivity contribution in [1.82, 2.24) is 14.6 Å². The van der Waals surface area contributed by atoms with Crippen molar-refractivity contribution in [3.05, 3.63) is 35.7 Å². The van der Waals surface area contributed by atoms with Gasteiger partial charge >= 0.3 is 5.97 Å². The van der Waals surface area contributed by atoms with Gasteiger partial charge in [-0.1, -0.05) is 0 Å². The second-order valence-corrected chi connectivity index (χ2v) is 5.32. The molecule has 1 unspecified atom stereocenters. The van der Waals surface area contributed by atoms with Crippen molar-refractivity contribution in [2.45, 2.75) is 13.8 Å². The fourth-order valence-electron chi connectivity index (χ4n) is 2.24. The van der Waals surface area contributed by atoms with Gasteiger partial charge in [0.2, 0.25) is 17.4 Å². The molecule has 2 aliphatic heterocycles. The summed E-state index contributed by atoms with van der Waals surface area (Å²) in [7, 11) is 0. The van der Waals surface area contributed by atoms with Crippen LogP contribution in [0.1, 0.15) is 12.6 Å². The van der Waals surface area contributed by atoms with E-state index in [4.69, 9.17) is 16.5 Å². The van der Waals surface area contributed by atoms with Gasteiger partial charge in [0.05, 0.1) is 12.8 Å². The van der Waals surface area contributed by atoms with Crippen LogP contribution >= 0.6 is 11.8 Å². The van der Waals surface area contributed by atoms with Crippen molar-refractivity contribution in [3.8, 4) is 0 Å². The third-order valence-electron chi connectivity index (χ3n) is 3.16. The summed E-state index contributed by atoms with van der Waals surface area (Å²) in [6, 6.07) is 1.87. The fourth-order valence-corrected chi connectivity index (χ4v) is 2.45. The predicted molar refractivity (Wildman–Crippen MR) is 80.7 cm³/mol. The Morgan fingerprint density at radius 1 is 1.64 bits per heavy atom. The zero-order valence-corrected chi connectivity index (χ0v) is 12.9. The van der Waals surface area contributed by atoms with Crippen LogP contribution in [0, 0.1) is 6.92 Å². The lowest BCUT2D eigenvalue weighted by atomic mass is 10.4. The zero-order valence-electron chi connectivity index (χ0n) is 12.2. The van der Waals surface area contributed by atoms with Crippen LogP contribution in [0.15, 0.2) is 35.0 Å². The minimum absolute atomic E-state index is 0.282. The number of nitrogens with one attached hydrogen (secondary N) is 3. The number of esters is 1. The lowest BCUT2D eigenvalue weighted by Crippen LogP contribution is -3.10. The number of aromatic nitrogens is 2. The first-order valence-electron chi connectivity index (χ1n) is 6.84. The van der Waals surface area contributed by atoms with Crippen LogP contribution in [0.4, 0.5) is 5.82 Å². The number of aliphatic imine (C=N–C) groups is 1. The molecule has 3 heterocycles. The smallest absolute Gasteiger partial charge is 0.362 e. The zero-order chi connectivity index (χ0) is 15.7. The van der Waals surface area contributed by atoms with Gasteiger partial charge in [-0.05, 0) is 13.8 Å². The molecule has 3 N–H and O–H groups in total. The second kappa shape index (κ2) is 5.82. The molecule has 1 aromatic heterocycles. The topological polar surface area (TPSA) is 87.0 Å². The van der Waals surface area contributed by atoms with Crippen molar-refractivity contribution < 1.29 is 14.4 Å². The highest BCUT2D eigenvalue weighted by molar-refractivity contribution is 6.15. The number of ether oxygens (including phenoxy) is 1. The molecule has 0 spiro atoms. The van der Waals surface area contributed by atoms with Gasteiger partial charge in [-0.3, -0.25) is 14.8 Å². The maximum absolute atomic E-state index is 11.8. The van der Waals surface area contributed by atoms with Crippen molar-refractivity contribution in [2.24, 2.45) is 4.99 Å². The summed E-state index contributed by atoms with van der Waals surface area (Å²) in [5, 5.41) is 10.2. The molecule has 1 atom stereocenters. The Bertz CT molecular complexity index is 692. The molecule has 3 rings (SSSR count). The molecule has 0 saturated heterocycles. The van der Waals surface area contributed by atoms with E-state index >= 15 is 0 Å². The first kappa shape index (κ1) is 14.6. The van der Waals surface area contributed by atoms with E-state index in [-0.39, 0.29) is 5.70 Å². The van der Waals surface area contributed by atoms with E-state index < -0.39 is 5.97 Å². The van der Waals surface area contributed by atoms with Crippen molar-refractivity contribution >= 4 is 29.4 Å². The van der Waals surface area contributed by atoms with E-state index in [1.807, 2.05) is 13.0 Å². The predicted octanol–water partition coefficient (Wildman–Crippen LogP) is 0.0998. The van der Waals surface area contributed by atoms with E-state index in [0.29, 0.717) is 19.0 Å². The van der Waals surface area contributed by atoms with Crippen LogP contribution in [0.2, 0.25) is 0 Å². The van der Waals surface area contributed by atoms with Gasteiger partial charge in [-0.15, -0.1) is 0 Å². The fraction of sp³-hybridized carbons (Fsp3) is 0.308. The molecule has 9 heteroatoms. The molecule has 0 saturated carbocycles. The maximum atomic E-state index is 11.8. The van der Waals surface area contributed by atoms with E-state index in [9.17, 15) is 4.79 Å². The van der Waals surface area contributed by atoms with Gasteiger partial charge in [0.25, 0.3) is 0 Å². The molecular formula is C13H16ClN6O2+. The number of amidine groups is 1. The highest BCUT2D eigenvalue weighted by atomic mass is 35.5. The summed E-state index contributed by atoms with van der Waals surface area (Å²) in [5.74, 6) is 1.68. The molecule has 0 bridgehead atoms. The molecule has 0 radical (unpaired) electrons. The minimum Gasteiger partial charge on any atom is -0.461 e. The number of hydrogen-bond acceptors (Lipinski definition) is 6. The molecule has 116 valence electrons. The first-order valence-corrected chi connectivity index (χ1v) is 7.18. The molecule has 0 fully saturated rings. The Hall–Kier alpha value is -2.32. The number of carbonyl (C=O) groups excluding carboxylic acids is 1. The van der Waals surface area contributed by atoms with Crippen LogP contribution in [-0.2, 0) is 9.53 Å². The Kier molecular flexibility index (Phi) is 3.86. The normalized spacial score (nSPS) is 20.0. The molecule has 0 amide bonds. The van der Waals surface area contributed by atoms with E-state index in [2.05, 4.69) is 20.5 Å². The van der Waals surface area contributed by atoms with Crippen LogP contribution in [0.25, 0.3) is 0 Å². The number of rotatable bonds is 4. The van der Waals surface area contributed by atoms with E-state index in [1.54, 1.807) is 19.3 Å². The molecular weight excluding hydrogens is 308 g/mol. The number of H-pyrrole nitrogens is 1. The van der Waals surface area contributed by atoms with Crippen molar-refractivity contribution in [3.63, 3.8) is 0 Å². The maximum Gasteiger partial charge on any atom is 0.362 e. The second-order valence-electron chi connectivity index (χ2n) is 4.88. The van der Waals surface area contributed by atoms with Crippen LogP contribution in [-0.4, -0.2) is 39.6 Å². The number of halogens is 1.